The number of nitrogens with zero attached hydrogens (tertiary/aromatic N) is 3. The van der Waals surface area contributed by atoms with E-state index in [2.05, 4.69) is 10.1 Å². The summed E-state index contributed by atoms with van der Waals surface area (Å²) in [5.74, 6) is -0.121. The molecule has 2 heterocycles. The summed E-state index contributed by atoms with van der Waals surface area (Å²) in [5, 5.41) is 11.5. The zero-order chi connectivity index (χ0) is 15.3. The number of hydrogen-bond acceptors (Lipinski definition) is 6. The van der Waals surface area contributed by atoms with E-state index in [1.54, 1.807) is 24.5 Å². The molecule has 1 unspecified atom stereocenters. The predicted molar refractivity (Wildman–Crippen MR) is 76.4 cm³/mol. The molecule has 1 fully saturated rings. The Morgan fingerprint density at radius 3 is 2.90 bits per heavy atom. The highest BCUT2D eigenvalue weighted by Crippen LogP contribution is 2.12. The second-order valence-electron chi connectivity index (χ2n) is 4.66. The summed E-state index contributed by atoms with van der Waals surface area (Å²) in [7, 11) is -3.42. The third-order valence-electron chi connectivity index (χ3n) is 3.27. The summed E-state index contributed by atoms with van der Waals surface area (Å²) in [6.07, 6.45) is 2.96. The van der Waals surface area contributed by atoms with E-state index in [1.165, 1.54) is 4.31 Å². The fourth-order valence-electron chi connectivity index (χ4n) is 2.05. The maximum Gasteiger partial charge on any atom is 0.214 e. The molecular weight excluding hydrogens is 296 g/mol. The van der Waals surface area contributed by atoms with Crippen LogP contribution in [0.2, 0.25) is 0 Å². The molecule has 1 aliphatic heterocycles. The van der Waals surface area contributed by atoms with Crippen LogP contribution < -0.4 is 5.73 Å². The van der Waals surface area contributed by atoms with Crippen molar-refractivity contribution >= 4 is 15.9 Å². The summed E-state index contributed by atoms with van der Waals surface area (Å²) >= 11 is 0. The molecule has 3 N–H and O–H groups in total. The number of sulfonamides is 1. The van der Waals surface area contributed by atoms with Gasteiger partial charge in [-0.2, -0.15) is 4.31 Å². The fourth-order valence-corrected chi connectivity index (χ4v) is 3.51. The zero-order valence-electron chi connectivity index (χ0n) is 11.4. The van der Waals surface area contributed by atoms with Gasteiger partial charge in [0, 0.05) is 25.5 Å². The minimum Gasteiger partial charge on any atom is -0.409 e. The summed E-state index contributed by atoms with van der Waals surface area (Å²) in [4.78, 5) is 3.89. The van der Waals surface area contributed by atoms with Crippen molar-refractivity contribution in [2.45, 2.75) is 12.5 Å². The SMILES string of the molecule is NC(=NO)C1CN(S(=O)(=O)CCc2ccncc2)CCO1. The van der Waals surface area contributed by atoms with Crippen LogP contribution in [0.3, 0.4) is 0 Å². The van der Waals surface area contributed by atoms with Gasteiger partial charge in [-0.05, 0) is 24.1 Å². The van der Waals surface area contributed by atoms with E-state index in [0.717, 1.165) is 5.56 Å². The number of oxime groups is 1. The van der Waals surface area contributed by atoms with Crippen LogP contribution in [0.4, 0.5) is 0 Å². The quantitative estimate of drug-likeness (QED) is 0.324. The van der Waals surface area contributed by atoms with Crippen LogP contribution in [-0.2, 0) is 21.2 Å². The fraction of sp³-hybridized carbons (Fsp3) is 0.500. The van der Waals surface area contributed by atoms with Gasteiger partial charge in [-0.1, -0.05) is 5.16 Å². The van der Waals surface area contributed by atoms with Gasteiger partial charge in [-0.3, -0.25) is 4.98 Å². The molecule has 21 heavy (non-hydrogen) atoms. The van der Waals surface area contributed by atoms with E-state index in [9.17, 15) is 8.42 Å². The monoisotopic (exact) mass is 314 g/mol. The molecule has 1 aromatic rings. The lowest BCUT2D eigenvalue weighted by atomic mass is 10.2. The summed E-state index contributed by atoms with van der Waals surface area (Å²) in [6.45, 7) is 0.553. The topological polar surface area (TPSA) is 118 Å². The number of morpholine rings is 1. The van der Waals surface area contributed by atoms with Crippen molar-refractivity contribution in [2.75, 3.05) is 25.4 Å². The molecule has 1 aromatic heterocycles. The molecule has 1 atom stereocenters. The third-order valence-corrected chi connectivity index (χ3v) is 5.10. The van der Waals surface area contributed by atoms with Crippen LogP contribution in [0.5, 0.6) is 0 Å². The lowest BCUT2D eigenvalue weighted by Crippen LogP contribution is -2.51. The molecule has 0 spiro atoms. The van der Waals surface area contributed by atoms with Gasteiger partial charge in [-0.25, -0.2) is 8.42 Å². The Bertz CT molecular complexity index is 591. The highest BCUT2D eigenvalue weighted by atomic mass is 32.2. The van der Waals surface area contributed by atoms with Gasteiger partial charge < -0.3 is 15.7 Å². The van der Waals surface area contributed by atoms with Crippen molar-refractivity contribution in [1.29, 1.82) is 0 Å². The van der Waals surface area contributed by atoms with Crippen molar-refractivity contribution in [3.05, 3.63) is 30.1 Å². The standard InChI is InChI=1S/C12H18N4O4S/c13-12(15-17)11-9-16(6-7-20-11)21(18,19)8-3-10-1-4-14-5-2-10/h1-2,4-5,11,17H,3,6-9H2,(H2,13,15). The Morgan fingerprint density at radius 2 is 2.24 bits per heavy atom. The van der Waals surface area contributed by atoms with Crippen LogP contribution >= 0.6 is 0 Å². The van der Waals surface area contributed by atoms with Gasteiger partial charge in [0.05, 0.1) is 12.4 Å². The number of ether oxygens (including phenoxy) is 1. The van der Waals surface area contributed by atoms with E-state index < -0.39 is 16.1 Å². The van der Waals surface area contributed by atoms with Crippen molar-refractivity contribution in [3.63, 3.8) is 0 Å². The van der Waals surface area contributed by atoms with Crippen LogP contribution in [0.1, 0.15) is 5.56 Å². The molecule has 0 bridgehead atoms. The average Bonchev–Trinajstić information content (AvgIpc) is 2.53. The zero-order valence-corrected chi connectivity index (χ0v) is 12.2. The number of pyridine rings is 1. The van der Waals surface area contributed by atoms with E-state index in [0.29, 0.717) is 6.42 Å². The maximum atomic E-state index is 12.3. The minimum atomic E-state index is -3.42. The van der Waals surface area contributed by atoms with Gasteiger partial charge in [0.15, 0.2) is 5.84 Å². The van der Waals surface area contributed by atoms with E-state index in [1.807, 2.05) is 0 Å². The van der Waals surface area contributed by atoms with Gasteiger partial charge in [0.2, 0.25) is 10.0 Å². The first kappa shape index (κ1) is 15.7. The Morgan fingerprint density at radius 1 is 1.52 bits per heavy atom. The molecule has 0 radical (unpaired) electrons. The van der Waals surface area contributed by atoms with Gasteiger partial charge in [0.1, 0.15) is 6.10 Å². The van der Waals surface area contributed by atoms with Crippen LogP contribution in [0.25, 0.3) is 0 Å². The number of aryl methyl sites for hydroxylation is 1. The van der Waals surface area contributed by atoms with Crippen LogP contribution in [-0.4, -0.2) is 60.3 Å². The number of nitrogens with two attached hydrogens (primary N) is 1. The highest BCUT2D eigenvalue weighted by molar-refractivity contribution is 7.89. The Labute approximate surface area is 123 Å². The van der Waals surface area contributed by atoms with Gasteiger partial charge in [-0.15, -0.1) is 0 Å². The molecule has 116 valence electrons. The van der Waals surface area contributed by atoms with E-state index in [-0.39, 0.29) is 31.3 Å². The summed E-state index contributed by atoms with van der Waals surface area (Å²) in [5.41, 5.74) is 6.38. The second-order valence-corrected chi connectivity index (χ2v) is 6.75. The van der Waals surface area contributed by atoms with Crippen molar-refractivity contribution in [2.24, 2.45) is 10.9 Å². The highest BCUT2D eigenvalue weighted by Gasteiger charge is 2.31. The molecule has 1 saturated heterocycles. The molecule has 2 rings (SSSR count). The molecule has 9 heteroatoms. The largest absolute Gasteiger partial charge is 0.409 e. The van der Waals surface area contributed by atoms with Crippen molar-refractivity contribution in [3.8, 4) is 0 Å². The first-order chi connectivity index (χ1) is 10.0. The Hall–Kier alpha value is -1.71. The van der Waals surface area contributed by atoms with Crippen molar-refractivity contribution in [1.82, 2.24) is 9.29 Å². The lowest BCUT2D eigenvalue weighted by molar-refractivity contribution is 0.0355. The molecular formula is C12H18N4O4S. The maximum absolute atomic E-state index is 12.3. The number of hydrogen-bond donors (Lipinski definition) is 2. The molecule has 0 amide bonds. The Balaban J connectivity index is 1.99. The first-order valence-corrected chi connectivity index (χ1v) is 8.09. The molecule has 1 aliphatic rings. The third kappa shape index (κ3) is 4.13. The number of rotatable bonds is 5. The van der Waals surface area contributed by atoms with Gasteiger partial charge >= 0.3 is 0 Å². The minimum absolute atomic E-state index is 0.0000933. The molecule has 0 aliphatic carbocycles. The molecule has 0 aromatic carbocycles. The van der Waals surface area contributed by atoms with Crippen LogP contribution in [0, 0.1) is 0 Å². The Kier molecular flexibility index (Phi) is 5.10. The molecule has 0 saturated carbocycles. The lowest BCUT2D eigenvalue weighted by Gasteiger charge is -2.31. The van der Waals surface area contributed by atoms with Gasteiger partial charge in [0.25, 0.3) is 0 Å². The van der Waals surface area contributed by atoms with E-state index in [4.69, 9.17) is 15.7 Å². The second kappa shape index (κ2) is 6.83. The van der Waals surface area contributed by atoms with Crippen molar-refractivity contribution < 1.29 is 18.4 Å². The predicted octanol–water partition coefficient (Wildman–Crippen LogP) is -0.599. The first-order valence-electron chi connectivity index (χ1n) is 6.48. The van der Waals surface area contributed by atoms with Crippen LogP contribution in [0.15, 0.2) is 29.7 Å². The molecule has 8 nitrogen and oxygen atoms in total. The number of aromatic nitrogens is 1. The summed E-state index contributed by atoms with van der Waals surface area (Å²) in [6, 6.07) is 3.57. The van der Waals surface area contributed by atoms with E-state index >= 15 is 0 Å². The number of amidine groups is 1. The average molecular weight is 314 g/mol. The summed E-state index contributed by atoms with van der Waals surface area (Å²) < 4.78 is 31.3. The normalized spacial score (nSPS) is 21.3. The smallest absolute Gasteiger partial charge is 0.214 e.